The fraction of sp³-hybridized carbons (Fsp3) is 0.625. The van der Waals surface area contributed by atoms with E-state index in [2.05, 4.69) is 18.8 Å². The number of nitrogens with zero attached hydrogens (tertiary/aromatic N) is 2. The second-order valence-electron chi connectivity index (χ2n) is 5.49. The molecule has 5 heteroatoms. The van der Waals surface area contributed by atoms with Crippen LogP contribution in [0.4, 0.5) is 0 Å². The van der Waals surface area contributed by atoms with E-state index in [0.717, 1.165) is 19.4 Å². The molecule has 1 rings (SSSR count). The molecule has 0 fully saturated rings. The van der Waals surface area contributed by atoms with E-state index in [-0.39, 0.29) is 5.91 Å². The van der Waals surface area contributed by atoms with Crippen molar-refractivity contribution < 1.29 is 14.3 Å². The van der Waals surface area contributed by atoms with Gasteiger partial charge in [0.1, 0.15) is 0 Å². The van der Waals surface area contributed by atoms with E-state index in [1.54, 1.807) is 30.3 Å². The lowest BCUT2D eigenvalue weighted by Crippen LogP contribution is -2.28. The summed E-state index contributed by atoms with van der Waals surface area (Å²) < 4.78 is 10.4. The molecule has 1 aromatic heterocycles. The normalized spacial score (nSPS) is 10.7. The molecule has 0 saturated carbocycles. The van der Waals surface area contributed by atoms with Crippen LogP contribution >= 0.6 is 0 Å². The van der Waals surface area contributed by atoms with Gasteiger partial charge < -0.3 is 14.4 Å². The van der Waals surface area contributed by atoms with Gasteiger partial charge in [0.2, 0.25) is 5.88 Å². The predicted octanol–water partition coefficient (Wildman–Crippen LogP) is 2.62. The molecular formula is C16H26N2O3. The van der Waals surface area contributed by atoms with Crippen molar-refractivity contribution in [3.63, 3.8) is 0 Å². The van der Waals surface area contributed by atoms with Crippen molar-refractivity contribution >= 4 is 5.91 Å². The maximum absolute atomic E-state index is 12.2. The minimum Gasteiger partial charge on any atom is -0.478 e. The van der Waals surface area contributed by atoms with Crippen molar-refractivity contribution in [2.45, 2.75) is 26.7 Å². The average Bonchev–Trinajstić information content (AvgIpc) is 2.49. The molecule has 0 saturated heterocycles. The Balaban J connectivity index is 2.46. The summed E-state index contributed by atoms with van der Waals surface area (Å²) in [6, 6.07) is 3.49. The second-order valence-corrected chi connectivity index (χ2v) is 5.49. The molecule has 0 radical (unpaired) electrons. The molecule has 1 heterocycles. The first kappa shape index (κ1) is 17.4. The van der Waals surface area contributed by atoms with Gasteiger partial charge in [-0.15, -0.1) is 0 Å². The van der Waals surface area contributed by atoms with Crippen LogP contribution in [0.1, 0.15) is 37.0 Å². The Labute approximate surface area is 127 Å². The zero-order valence-corrected chi connectivity index (χ0v) is 13.5. The summed E-state index contributed by atoms with van der Waals surface area (Å²) in [4.78, 5) is 18.1. The van der Waals surface area contributed by atoms with Gasteiger partial charge in [-0.2, -0.15) is 0 Å². The van der Waals surface area contributed by atoms with Crippen LogP contribution in [-0.2, 0) is 4.74 Å². The first-order valence-electron chi connectivity index (χ1n) is 7.38. The van der Waals surface area contributed by atoms with Crippen molar-refractivity contribution in [2.24, 2.45) is 5.92 Å². The Bertz CT molecular complexity index is 418. The van der Waals surface area contributed by atoms with Gasteiger partial charge in [-0.1, -0.05) is 13.8 Å². The summed E-state index contributed by atoms with van der Waals surface area (Å²) in [6.07, 6.45) is 3.38. The fourth-order valence-electron chi connectivity index (χ4n) is 1.75. The molecule has 0 aliphatic rings. The highest BCUT2D eigenvalue weighted by molar-refractivity contribution is 5.93. The molecule has 0 spiro atoms. The number of aromatic nitrogens is 1. The van der Waals surface area contributed by atoms with E-state index in [9.17, 15) is 4.79 Å². The summed E-state index contributed by atoms with van der Waals surface area (Å²) >= 11 is 0. The molecule has 0 N–H and O–H groups in total. The Hall–Kier alpha value is -1.62. The van der Waals surface area contributed by atoms with Crippen molar-refractivity contribution in [1.82, 2.24) is 9.88 Å². The first-order valence-corrected chi connectivity index (χ1v) is 7.38. The third-order valence-electron chi connectivity index (χ3n) is 3.11. The first-order chi connectivity index (χ1) is 10.0. The van der Waals surface area contributed by atoms with Gasteiger partial charge in [0, 0.05) is 46.0 Å². The monoisotopic (exact) mass is 294 g/mol. The molecule has 0 aromatic carbocycles. The van der Waals surface area contributed by atoms with Gasteiger partial charge in [0.05, 0.1) is 12.2 Å². The second kappa shape index (κ2) is 9.34. The summed E-state index contributed by atoms with van der Waals surface area (Å²) in [5, 5.41) is 0. The molecule has 0 bridgehead atoms. The number of ether oxygens (including phenoxy) is 2. The summed E-state index contributed by atoms with van der Waals surface area (Å²) in [7, 11) is 3.48. The van der Waals surface area contributed by atoms with Crippen molar-refractivity contribution in [3.8, 4) is 5.88 Å². The molecule has 1 aromatic rings. The van der Waals surface area contributed by atoms with Crippen LogP contribution in [0, 0.1) is 5.92 Å². The summed E-state index contributed by atoms with van der Waals surface area (Å²) in [5.74, 6) is 1.11. The zero-order valence-electron chi connectivity index (χ0n) is 13.5. The van der Waals surface area contributed by atoms with Crippen LogP contribution in [0.5, 0.6) is 5.88 Å². The summed E-state index contributed by atoms with van der Waals surface area (Å²) in [6.45, 7) is 6.27. The molecule has 1 amide bonds. The maximum Gasteiger partial charge on any atom is 0.255 e. The number of hydrogen-bond acceptors (Lipinski definition) is 4. The molecule has 0 unspecified atom stereocenters. The Morgan fingerprint density at radius 3 is 2.67 bits per heavy atom. The largest absolute Gasteiger partial charge is 0.478 e. The highest BCUT2D eigenvalue weighted by Gasteiger charge is 2.12. The number of rotatable bonds is 9. The van der Waals surface area contributed by atoms with E-state index in [1.165, 1.54) is 0 Å². The lowest BCUT2D eigenvalue weighted by atomic mass is 10.1. The molecule has 0 atom stereocenters. The van der Waals surface area contributed by atoms with Gasteiger partial charge in [-0.3, -0.25) is 4.79 Å². The highest BCUT2D eigenvalue weighted by Crippen LogP contribution is 2.10. The van der Waals surface area contributed by atoms with E-state index in [1.807, 2.05) is 7.05 Å². The minimum absolute atomic E-state index is 0.00548. The number of amides is 1. The van der Waals surface area contributed by atoms with Gasteiger partial charge in [-0.05, 0) is 18.4 Å². The van der Waals surface area contributed by atoms with Gasteiger partial charge in [-0.25, -0.2) is 4.98 Å². The number of carbonyl (C=O) groups excluding carboxylic acids is 1. The van der Waals surface area contributed by atoms with Crippen molar-refractivity contribution in [1.29, 1.82) is 0 Å². The summed E-state index contributed by atoms with van der Waals surface area (Å²) in [5.41, 5.74) is 0.588. The van der Waals surface area contributed by atoms with Crippen LogP contribution in [-0.4, -0.2) is 49.7 Å². The average molecular weight is 294 g/mol. The van der Waals surface area contributed by atoms with E-state index >= 15 is 0 Å². The quantitative estimate of drug-likeness (QED) is 0.657. The Morgan fingerprint density at radius 2 is 2.10 bits per heavy atom. The van der Waals surface area contributed by atoms with Gasteiger partial charge in [0.25, 0.3) is 5.91 Å². The highest BCUT2D eigenvalue weighted by atomic mass is 16.5. The zero-order chi connectivity index (χ0) is 15.7. The van der Waals surface area contributed by atoms with Crippen LogP contribution in [0.3, 0.4) is 0 Å². The molecule has 5 nitrogen and oxygen atoms in total. The van der Waals surface area contributed by atoms with Gasteiger partial charge in [0.15, 0.2) is 0 Å². The molecule has 118 valence electrons. The predicted molar refractivity (Wildman–Crippen MR) is 82.6 cm³/mol. The lowest BCUT2D eigenvalue weighted by molar-refractivity contribution is 0.0788. The minimum atomic E-state index is -0.00548. The van der Waals surface area contributed by atoms with E-state index < -0.39 is 0 Å². The molecule has 0 aliphatic heterocycles. The third kappa shape index (κ3) is 6.58. The van der Waals surface area contributed by atoms with E-state index in [4.69, 9.17) is 9.47 Å². The Morgan fingerprint density at radius 1 is 1.33 bits per heavy atom. The van der Waals surface area contributed by atoms with Crippen molar-refractivity contribution in [2.75, 3.05) is 33.9 Å². The number of carbonyl (C=O) groups is 1. The number of pyridine rings is 1. The van der Waals surface area contributed by atoms with Crippen LogP contribution in [0.2, 0.25) is 0 Å². The standard InChI is InChI=1S/C16H26N2O3/c1-13(2)8-9-18(3)16(19)14-6-7-15(17-12-14)21-11-5-10-20-4/h6-7,12-13H,5,8-11H2,1-4H3. The fourth-order valence-corrected chi connectivity index (χ4v) is 1.75. The smallest absolute Gasteiger partial charge is 0.255 e. The Kier molecular flexibility index (Phi) is 7.75. The lowest BCUT2D eigenvalue weighted by Gasteiger charge is -2.18. The van der Waals surface area contributed by atoms with E-state index in [0.29, 0.717) is 30.6 Å². The number of hydrogen-bond donors (Lipinski definition) is 0. The van der Waals surface area contributed by atoms with Crippen molar-refractivity contribution in [3.05, 3.63) is 23.9 Å². The van der Waals surface area contributed by atoms with Gasteiger partial charge >= 0.3 is 0 Å². The van der Waals surface area contributed by atoms with Crippen LogP contribution in [0.15, 0.2) is 18.3 Å². The topological polar surface area (TPSA) is 51.7 Å². The molecular weight excluding hydrogens is 268 g/mol. The number of methoxy groups -OCH3 is 1. The third-order valence-corrected chi connectivity index (χ3v) is 3.11. The molecule has 21 heavy (non-hydrogen) atoms. The van der Waals surface area contributed by atoms with Crippen LogP contribution < -0.4 is 4.74 Å². The van der Waals surface area contributed by atoms with Crippen LogP contribution in [0.25, 0.3) is 0 Å². The SMILES string of the molecule is COCCCOc1ccc(C(=O)N(C)CCC(C)C)cn1. The molecule has 0 aliphatic carbocycles. The maximum atomic E-state index is 12.2.